The Bertz CT molecular complexity index is 431. The molecule has 7 nitrogen and oxygen atoms in total. The Hall–Kier alpha value is -1.15. The Balaban J connectivity index is 4.81. The van der Waals surface area contributed by atoms with Crippen LogP contribution in [0.2, 0.25) is 0 Å². The van der Waals surface area contributed by atoms with Crippen molar-refractivity contribution in [2.45, 2.75) is 40.2 Å². The van der Waals surface area contributed by atoms with Gasteiger partial charge < -0.3 is 10.4 Å². The average molecular weight is 308 g/mol. The van der Waals surface area contributed by atoms with Crippen LogP contribution in [0.4, 0.5) is 0 Å². The minimum absolute atomic E-state index is 0.271. The number of nitrogens with one attached hydrogen (secondary N) is 1. The first kappa shape index (κ1) is 18.9. The zero-order valence-corrected chi connectivity index (χ0v) is 13.2. The summed E-state index contributed by atoms with van der Waals surface area (Å²) in [5.74, 6) is -2.94. The van der Waals surface area contributed by atoms with Gasteiger partial charge in [0.25, 0.3) is 0 Å². The predicted octanol–water partition coefficient (Wildman–Crippen LogP) is 0.274. The Morgan fingerprint density at radius 3 is 2.05 bits per heavy atom. The predicted molar refractivity (Wildman–Crippen MR) is 75.7 cm³/mol. The molecule has 118 valence electrons. The van der Waals surface area contributed by atoms with Crippen molar-refractivity contribution < 1.29 is 23.1 Å². The van der Waals surface area contributed by atoms with E-state index in [1.54, 1.807) is 27.7 Å². The second-order valence-corrected chi connectivity index (χ2v) is 6.58. The van der Waals surface area contributed by atoms with E-state index in [1.807, 2.05) is 0 Å². The second-order valence-electron chi connectivity index (χ2n) is 4.61. The van der Waals surface area contributed by atoms with Gasteiger partial charge >= 0.3 is 5.97 Å². The van der Waals surface area contributed by atoms with Crippen LogP contribution in [0.3, 0.4) is 0 Å². The van der Waals surface area contributed by atoms with Crippen LogP contribution in [0.25, 0.3) is 0 Å². The molecule has 0 bridgehead atoms. The minimum atomic E-state index is -3.70. The lowest BCUT2D eigenvalue weighted by Crippen LogP contribution is -2.48. The first-order valence-corrected chi connectivity index (χ1v) is 8.30. The fourth-order valence-corrected chi connectivity index (χ4v) is 3.16. The van der Waals surface area contributed by atoms with Gasteiger partial charge in [-0.2, -0.15) is 0 Å². The van der Waals surface area contributed by atoms with Gasteiger partial charge in [-0.15, -0.1) is 0 Å². The summed E-state index contributed by atoms with van der Waals surface area (Å²) in [6.45, 7) is 7.41. The smallest absolute Gasteiger partial charge is 0.326 e. The number of sulfonamides is 1. The molecular weight excluding hydrogens is 284 g/mol. The Morgan fingerprint density at radius 1 is 1.20 bits per heavy atom. The van der Waals surface area contributed by atoms with Crippen molar-refractivity contribution in [2.75, 3.05) is 18.8 Å². The molecule has 20 heavy (non-hydrogen) atoms. The number of rotatable bonds is 9. The summed E-state index contributed by atoms with van der Waals surface area (Å²) < 4.78 is 25.0. The lowest BCUT2D eigenvalue weighted by molar-refractivity contribution is -0.143. The third-order valence-electron chi connectivity index (χ3n) is 3.21. The van der Waals surface area contributed by atoms with Gasteiger partial charge in [-0.3, -0.25) is 4.79 Å². The third kappa shape index (κ3) is 5.46. The number of carboxylic acids is 1. The van der Waals surface area contributed by atoms with E-state index in [0.717, 1.165) is 0 Å². The molecule has 0 aromatic heterocycles. The molecule has 2 N–H and O–H groups in total. The molecule has 0 saturated heterocycles. The van der Waals surface area contributed by atoms with Crippen LogP contribution >= 0.6 is 0 Å². The van der Waals surface area contributed by atoms with E-state index in [0.29, 0.717) is 6.42 Å². The van der Waals surface area contributed by atoms with E-state index >= 15 is 0 Å². The molecule has 0 aliphatic carbocycles. The number of amides is 1. The average Bonchev–Trinajstić information content (AvgIpc) is 2.35. The normalized spacial score (nSPS) is 14.8. The van der Waals surface area contributed by atoms with Crippen molar-refractivity contribution in [2.24, 2.45) is 5.92 Å². The Labute approximate surface area is 120 Å². The van der Waals surface area contributed by atoms with E-state index in [4.69, 9.17) is 5.11 Å². The molecule has 2 unspecified atom stereocenters. The number of carbonyl (C=O) groups is 2. The number of aliphatic carboxylic acids is 1. The molecule has 1 amide bonds. The number of hydrogen-bond acceptors (Lipinski definition) is 4. The molecule has 0 spiro atoms. The molecular formula is C12H24N2O5S. The van der Waals surface area contributed by atoms with E-state index in [2.05, 4.69) is 5.32 Å². The highest BCUT2D eigenvalue weighted by Crippen LogP contribution is 2.08. The summed E-state index contributed by atoms with van der Waals surface area (Å²) in [5.41, 5.74) is 0. The third-order valence-corrected chi connectivity index (χ3v) is 5.14. The molecule has 0 aromatic carbocycles. The molecule has 0 aliphatic rings. The monoisotopic (exact) mass is 308 g/mol. The second kappa shape index (κ2) is 8.21. The number of carboxylic acid groups (broad SMARTS) is 1. The van der Waals surface area contributed by atoms with Crippen LogP contribution in [-0.4, -0.2) is 54.6 Å². The van der Waals surface area contributed by atoms with E-state index in [9.17, 15) is 18.0 Å². The fraction of sp³-hybridized carbons (Fsp3) is 0.833. The first-order valence-electron chi connectivity index (χ1n) is 6.69. The van der Waals surface area contributed by atoms with Crippen LogP contribution in [0.15, 0.2) is 0 Å². The first-order chi connectivity index (χ1) is 9.19. The summed E-state index contributed by atoms with van der Waals surface area (Å²) in [4.78, 5) is 22.8. The Morgan fingerprint density at radius 2 is 1.70 bits per heavy atom. The quantitative estimate of drug-likeness (QED) is 0.636. The summed E-state index contributed by atoms with van der Waals surface area (Å²) in [5, 5.41) is 11.3. The molecule has 0 fully saturated rings. The molecule has 0 rings (SSSR count). The highest BCUT2D eigenvalue weighted by molar-refractivity contribution is 7.89. The van der Waals surface area contributed by atoms with Crippen LogP contribution < -0.4 is 5.32 Å². The molecule has 0 aliphatic heterocycles. The van der Waals surface area contributed by atoms with E-state index < -0.39 is 33.7 Å². The summed E-state index contributed by atoms with van der Waals surface area (Å²) >= 11 is 0. The van der Waals surface area contributed by atoms with Crippen molar-refractivity contribution in [1.29, 1.82) is 0 Å². The van der Waals surface area contributed by atoms with E-state index in [-0.39, 0.29) is 19.0 Å². The molecule has 0 heterocycles. The van der Waals surface area contributed by atoms with Crippen molar-refractivity contribution >= 4 is 21.9 Å². The van der Waals surface area contributed by atoms with Crippen LogP contribution in [0.1, 0.15) is 34.1 Å². The van der Waals surface area contributed by atoms with Gasteiger partial charge in [0.15, 0.2) is 0 Å². The summed E-state index contributed by atoms with van der Waals surface area (Å²) in [6.07, 6.45) is 0.569. The van der Waals surface area contributed by atoms with Crippen molar-refractivity contribution in [3.05, 3.63) is 0 Å². The molecule has 0 saturated carbocycles. The minimum Gasteiger partial charge on any atom is -0.480 e. The van der Waals surface area contributed by atoms with Gasteiger partial charge in [0.2, 0.25) is 15.9 Å². The maximum atomic E-state index is 11.9. The molecule has 0 radical (unpaired) electrons. The van der Waals surface area contributed by atoms with Gasteiger partial charge in [-0.25, -0.2) is 17.5 Å². The largest absolute Gasteiger partial charge is 0.480 e. The number of nitrogens with zero attached hydrogens (tertiary/aromatic N) is 1. The lowest BCUT2D eigenvalue weighted by Gasteiger charge is -2.22. The van der Waals surface area contributed by atoms with Crippen molar-refractivity contribution in [3.8, 4) is 0 Å². The number of hydrogen-bond donors (Lipinski definition) is 2. The lowest BCUT2D eigenvalue weighted by atomic mass is 9.99. The molecule has 2 atom stereocenters. The zero-order valence-electron chi connectivity index (χ0n) is 12.4. The zero-order chi connectivity index (χ0) is 15.9. The highest BCUT2D eigenvalue weighted by Gasteiger charge is 2.28. The molecule has 8 heteroatoms. The highest BCUT2D eigenvalue weighted by atomic mass is 32.2. The van der Waals surface area contributed by atoms with Crippen LogP contribution in [0.5, 0.6) is 0 Å². The Kier molecular flexibility index (Phi) is 7.74. The number of carbonyl (C=O) groups excluding carboxylic acids is 1. The van der Waals surface area contributed by atoms with Gasteiger partial charge in [0.05, 0.1) is 0 Å². The van der Waals surface area contributed by atoms with Gasteiger partial charge in [-0.1, -0.05) is 34.1 Å². The van der Waals surface area contributed by atoms with Crippen LogP contribution in [0, 0.1) is 5.92 Å². The topological polar surface area (TPSA) is 104 Å². The van der Waals surface area contributed by atoms with Gasteiger partial charge in [-0.05, 0) is 5.92 Å². The van der Waals surface area contributed by atoms with Crippen molar-refractivity contribution in [3.63, 3.8) is 0 Å². The SMILES string of the molecule is CCC(C)C(NC(=O)CS(=O)(=O)N(CC)CC)C(=O)O. The maximum Gasteiger partial charge on any atom is 0.326 e. The summed E-state index contributed by atoms with van der Waals surface area (Å²) in [6, 6.07) is -1.07. The molecule has 0 aromatic rings. The van der Waals surface area contributed by atoms with E-state index in [1.165, 1.54) is 4.31 Å². The van der Waals surface area contributed by atoms with Gasteiger partial charge in [0, 0.05) is 13.1 Å². The van der Waals surface area contributed by atoms with Gasteiger partial charge in [0.1, 0.15) is 11.8 Å². The summed E-state index contributed by atoms with van der Waals surface area (Å²) in [7, 11) is -3.70. The standard InChI is InChI=1S/C12H24N2O5S/c1-5-9(4)11(12(16)17)13-10(15)8-20(18,19)14(6-2)7-3/h9,11H,5-8H2,1-4H3,(H,13,15)(H,16,17). The van der Waals surface area contributed by atoms with Crippen LogP contribution in [-0.2, 0) is 19.6 Å². The van der Waals surface area contributed by atoms with Crippen molar-refractivity contribution in [1.82, 2.24) is 9.62 Å². The maximum absolute atomic E-state index is 11.9. The fourth-order valence-electron chi connectivity index (χ4n) is 1.77.